The minimum atomic E-state index is -0.0778. The van der Waals surface area contributed by atoms with Gasteiger partial charge in [-0.1, -0.05) is 44.6 Å². The molecule has 4 aliphatic carbocycles. The second-order valence-electron chi connectivity index (χ2n) is 10.1. The minimum absolute atomic E-state index is 0.0778. The van der Waals surface area contributed by atoms with E-state index in [9.17, 15) is 5.11 Å². The highest BCUT2D eigenvalue weighted by Crippen LogP contribution is 2.66. The van der Waals surface area contributed by atoms with Crippen molar-refractivity contribution in [1.29, 1.82) is 0 Å². The third-order valence-corrected chi connectivity index (χ3v) is 9.10. The van der Waals surface area contributed by atoms with Crippen LogP contribution in [0.3, 0.4) is 0 Å². The van der Waals surface area contributed by atoms with Crippen molar-refractivity contribution in [2.75, 3.05) is 0 Å². The second-order valence-corrected chi connectivity index (χ2v) is 10.1. The SMILES string of the molecule is CC/C=C/C[C@H]1CCC2C3CC=C4CC(O)CCC4(C)C3CCC21C. The largest absolute Gasteiger partial charge is 0.393 e. The van der Waals surface area contributed by atoms with E-state index >= 15 is 0 Å². The first-order chi connectivity index (χ1) is 12.0. The summed E-state index contributed by atoms with van der Waals surface area (Å²) in [5, 5.41) is 10.1. The van der Waals surface area contributed by atoms with Gasteiger partial charge in [-0.3, -0.25) is 0 Å². The number of aliphatic hydroxyl groups excluding tert-OH is 1. The number of hydrogen-bond donors (Lipinski definition) is 1. The Morgan fingerprint density at radius 2 is 1.92 bits per heavy atom. The van der Waals surface area contributed by atoms with Crippen LogP contribution in [0.1, 0.15) is 85.0 Å². The van der Waals surface area contributed by atoms with Gasteiger partial charge in [0.05, 0.1) is 6.10 Å². The van der Waals surface area contributed by atoms with Gasteiger partial charge < -0.3 is 5.11 Å². The van der Waals surface area contributed by atoms with Crippen molar-refractivity contribution in [2.45, 2.75) is 91.1 Å². The Hall–Kier alpha value is -0.560. The van der Waals surface area contributed by atoms with E-state index in [2.05, 4.69) is 39.0 Å². The van der Waals surface area contributed by atoms with Crippen LogP contribution in [0.25, 0.3) is 0 Å². The summed E-state index contributed by atoms with van der Waals surface area (Å²) >= 11 is 0. The molecule has 140 valence electrons. The van der Waals surface area contributed by atoms with Crippen molar-refractivity contribution >= 4 is 0 Å². The third kappa shape index (κ3) is 2.76. The van der Waals surface area contributed by atoms with E-state index in [1.165, 1.54) is 51.4 Å². The molecule has 4 aliphatic rings. The number of allylic oxidation sites excluding steroid dienone is 3. The number of aliphatic hydroxyl groups is 1. The lowest BCUT2D eigenvalue weighted by atomic mass is 9.47. The Bertz CT molecular complexity index is 560. The number of hydrogen-bond acceptors (Lipinski definition) is 1. The lowest BCUT2D eigenvalue weighted by molar-refractivity contribution is -0.0492. The lowest BCUT2D eigenvalue weighted by Crippen LogP contribution is -2.50. The van der Waals surface area contributed by atoms with Crippen molar-refractivity contribution in [2.24, 2.45) is 34.5 Å². The zero-order valence-corrected chi connectivity index (χ0v) is 16.6. The van der Waals surface area contributed by atoms with Crippen LogP contribution >= 0.6 is 0 Å². The molecule has 0 bridgehead atoms. The summed E-state index contributed by atoms with van der Waals surface area (Å²) < 4.78 is 0. The summed E-state index contributed by atoms with van der Waals surface area (Å²) in [5.41, 5.74) is 2.58. The highest BCUT2D eigenvalue weighted by Gasteiger charge is 2.58. The Balaban J connectivity index is 1.57. The van der Waals surface area contributed by atoms with E-state index in [-0.39, 0.29) is 6.10 Å². The average molecular weight is 343 g/mol. The molecule has 0 aromatic carbocycles. The van der Waals surface area contributed by atoms with Gasteiger partial charge >= 0.3 is 0 Å². The van der Waals surface area contributed by atoms with Gasteiger partial charge in [0, 0.05) is 0 Å². The van der Waals surface area contributed by atoms with Gasteiger partial charge in [-0.05, 0) is 98.7 Å². The smallest absolute Gasteiger partial charge is 0.0577 e. The van der Waals surface area contributed by atoms with E-state index in [1.807, 2.05) is 0 Å². The molecule has 4 rings (SSSR count). The first-order valence-corrected chi connectivity index (χ1v) is 11.0. The Morgan fingerprint density at radius 3 is 2.72 bits per heavy atom. The predicted octanol–water partition coefficient (Wildman–Crippen LogP) is 6.28. The van der Waals surface area contributed by atoms with Crippen LogP contribution in [0, 0.1) is 34.5 Å². The Kier molecular flexibility index (Phi) is 4.67. The molecule has 3 saturated carbocycles. The molecular formula is C24H38O. The molecule has 7 atom stereocenters. The van der Waals surface area contributed by atoms with Gasteiger partial charge in [-0.15, -0.1) is 0 Å². The zero-order valence-electron chi connectivity index (χ0n) is 16.6. The van der Waals surface area contributed by atoms with Crippen LogP contribution in [-0.4, -0.2) is 11.2 Å². The Labute approximate surface area is 155 Å². The maximum atomic E-state index is 10.1. The number of rotatable bonds is 3. The van der Waals surface area contributed by atoms with Crippen molar-refractivity contribution in [3.63, 3.8) is 0 Å². The molecule has 0 radical (unpaired) electrons. The van der Waals surface area contributed by atoms with E-state index < -0.39 is 0 Å². The summed E-state index contributed by atoms with van der Waals surface area (Å²) in [6.45, 7) is 7.42. The third-order valence-electron chi connectivity index (χ3n) is 9.10. The van der Waals surface area contributed by atoms with Crippen LogP contribution in [-0.2, 0) is 0 Å². The molecule has 0 heterocycles. The highest BCUT2D eigenvalue weighted by atomic mass is 16.3. The average Bonchev–Trinajstić information content (AvgIpc) is 2.92. The Morgan fingerprint density at radius 1 is 1.08 bits per heavy atom. The first-order valence-electron chi connectivity index (χ1n) is 11.0. The molecule has 0 aromatic heterocycles. The standard InChI is InChI=1S/C24H38O/c1-4-5-6-7-17-9-11-21-20-10-8-18-16-19(25)12-14-24(18,3)22(20)13-15-23(17,21)2/h5-6,8,17,19-22,25H,4,7,9-16H2,1-3H3/b6-5+/t17-,19?,20?,21?,22?,23?,24?/m0/s1. The van der Waals surface area contributed by atoms with E-state index in [1.54, 1.807) is 5.57 Å². The van der Waals surface area contributed by atoms with Gasteiger partial charge in [0.25, 0.3) is 0 Å². The number of fused-ring (bicyclic) bond motifs is 5. The van der Waals surface area contributed by atoms with Gasteiger partial charge in [0.15, 0.2) is 0 Å². The van der Waals surface area contributed by atoms with Crippen molar-refractivity contribution in [1.82, 2.24) is 0 Å². The normalized spacial score (nSPS) is 49.4. The molecule has 0 spiro atoms. The maximum absolute atomic E-state index is 10.1. The zero-order chi connectivity index (χ0) is 17.7. The fraction of sp³-hybridized carbons (Fsp3) is 0.833. The summed E-state index contributed by atoms with van der Waals surface area (Å²) in [5.74, 6) is 3.63. The van der Waals surface area contributed by atoms with Crippen molar-refractivity contribution < 1.29 is 5.11 Å². The van der Waals surface area contributed by atoms with Crippen molar-refractivity contribution in [3.8, 4) is 0 Å². The fourth-order valence-electron chi connectivity index (χ4n) is 7.56. The summed E-state index contributed by atoms with van der Waals surface area (Å²) in [6, 6.07) is 0. The van der Waals surface area contributed by atoms with Crippen LogP contribution in [0.5, 0.6) is 0 Å². The second kappa shape index (κ2) is 6.55. The molecule has 6 unspecified atom stereocenters. The van der Waals surface area contributed by atoms with Crippen LogP contribution < -0.4 is 0 Å². The molecule has 0 aliphatic heterocycles. The monoisotopic (exact) mass is 342 g/mol. The van der Waals surface area contributed by atoms with E-state index in [4.69, 9.17) is 0 Å². The van der Waals surface area contributed by atoms with Gasteiger partial charge in [-0.25, -0.2) is 0 Å². The van der Waals surface area contributed by atoms with Gasteiger partial charge in [-0.2, -0.15) is 0 Å². The fourth-order valence-corrected chi connectivity index (χ4v) is 7.56. The molecule has 0 saturated heterocycles. The molecule has 1 nitrogen and oxygen atoms in total. The molecule has 1 N–H and O–H groups in total. The lowest BCUT2D eigenvalue weighted by Gasteiger charge is -2.58. The van der Waals surface area contributed by atoms with Gasteiger partial charge in [0.2, 0.25) is 0 Å². The molecule has 0 amide bonds. The van der Waals surface area contributed by atoms with Crippen LogP contribution in [0.4, 0.5) is 0 Å². The highest BCUT2D eigenvalue weighted by molar-refractivity contribution is 5.25. The topological polar surface area (TPSA) is 20.2 Å². The van der Waals surface area contributed by atoms with E-state index in [0.29, 0.717) is 10.8 Å². The quantitative estimate of drug-likeness (QED) is 0.598. The van der Waals surface area contributed by atoms with Crippen LogP contribution in [0.15, 0.2) is 23.8 Å². The maximum Gasteiger partial charge on any atom is 0.0577 e. The summed E-state index contributed by atoms with van der Waals surface area (Å²) in [7, 11) is 0. The molecule has 3 fully saturated rings. The van der Waals surface area contributed by atoms with Crippen molar-refractivity contribution in [3.05, 3.63) is 23.8 Å². The van der Waals surface area contributed by atoms with E-state index in [0.717, 1.165) is 36.5 Å². The van der Waals surface area contributed by atoms with Gasteiger partial charge in [0.1, 0.15) is 0 Å². The molecule has 1 heteroatoms. The molecular weight excluding hydrogens is 304 g/mol. The minimum Gasteiger partial charge on any atom is -0.393 e. The predicted molar refractivity (Wildman–Crippen MR) is 105 cm³/mol. The molecule has 0 aromatic rings. The first kappa shape index (κ1) is 17.8. The summed E-state index contributed by atoms with van der Waals surface area (Å²) in [6.07, 6.45) is 20.1. The molecule has 25 heavy (non-hydrogen) atoms. The van der Waals surface area contributed by atoms with Crippen LogP contribution in [0.2, 0.25) is 0 Å². The summed E-state index contributed by atoms with van der Waals surface area (Å²) in [4.78, 5) is 0.